The summed E-state index contributed by atoms with van der Waals surface area (Å²) in [5, 5.41) is 3.78. The molecular formula is C15H32N2S. The van der Waals surface area contributed by atoms with Crippen LogP contribution in [0.5, 0.6) is 0 Å². The van der Waals surface area contributed by atoms with Gasteiger partial charge < -0.3 is 5.32 Å². The van der Waals surface area contributed by atoms with Crippen LogP contribution in [-0.2, 0) is 0 Å². The van der Waals surface area contributed by atoms with Gasteiger partial charge in [-0.05, 0) is 51.2 Å². The second-order valence-electron chi connectivity index (χ2n) is 5.74. The van der Waals surface area contributed by atoms with Crippen LogP contribution in [0, 0.1) is 0 Å². The number of hydrogen-bond donors (Lipinski definition) is 1. The number of nitrogens with zero attached hydrogens (tertiary/aromatic N) is 1. The van der Waals surface area contributed by atoms with E-state index in [1.165, 1.54) is 50.9 Å². The van der Waals surface area contributed by atoms with Crippen LogP contribution in [0.3, 0.4) is 0 Å². The van der Waals surface area contributed by atoms with E-state index >= 15 is 0 Å². The van der Waals surface area contributed by atoms with Crippen LogP contribution in [0.2, 0.25) is 0 Å². The number of thioether (sulfide) groups is 1. The zero-order chi connectivity index (χ0) is 13.4. The maximum Gasteiger partial charge on any atom is 0.0304 e. The molecule has 0 aromatic carbocycles. The van der Waals surface area contributed by atoms with Gasteiger partial charge in [-0.2, -0.15) is 11.8 Å². The second kappa shape index (κ2) is 8.44. The van der Waals surface area contributed by atoms with Crippen molar-refractivity contribution in [1.29, 1.82) is 0 Å². The zero-order valence-corrected chi connectivity index (χ0v) is 13.6. The topological polar surface area (TPSA) is 15.3 Å². The molecule has 108 valence electrons. The lowest BCUT2D eigenvalue weighted by molar-refractivity contribution is 0.0794. The molecule has 0 aliphatic carbocycles. The largest absolute Gasteiger partial charge is 0.308 e. The van der Waals surface area contributed by atoms with Gasteiger partial charge >= 0.3 is 0 Å². The van der Waals surface area contributed by atoms with E-state index in [4.69, 9.17) is 0 Å². The monoisotopic (exact) mass is 272 g/mol. The third kappa shape index (κ3) is 4.75. The minimum Gasteiger partial charge on any atom is -0.308 e. The van der Waals surface area contributed by atoms with Gasteiger partial charge in [-0.1, -0.05) is 20.3 Å². The number of unbranched alkanes of at least 4 members (excludes halogenated alkanes) is 2. The van der Waals surface area contributed by atoms with Crippen LogP contribution in [0.15, 0.2) is 0 Å². The molecule has 0 amide bonds. The highest BCUT2D eigenvalue weighted by molar-refractivity contribution is 7.98. The Morgan fingerprint density at radius 3 is 2.56 bits per heavy atom. The van der Waals surface area contributed by atoms with Crippen LogP contribution < -0.4 is 5.32 Å². The molecule has 1 N–H and O–H groups in total. The number of hydrogen-bond acceptors (Lipinski definition) is 3. The summed E-state index contributed by atoms with van der Waals surface area (Å²) in [4.78, 5) is 2.71. The van der Waals surface area contributed by atoms with E-state index in [-0.39, 0.29) is 0 Å². The first kappa shape index (κ1) is 16.3. The molecule has 1 saturated heterocycles. The summed E-state index contributed by atoms with van der Waals surface area (Å²) in [6.07, 6.45) is 8.85. The predicted octanol–water partition coefficient (Wildman–Crippen LogP) is 3.37. The third-order valence-electron chi connectivity index (χ3n) is 4.55. The van der Waals surface area contributed by atoms with Crippen molar-refractivity contribution in [2.24, 2.45) is 0 Å². The Hall–Kier alpha value is 0.270. The lowest BCUT2D eigenvalue weighted by atomic mass is 9.88. The summed E-state index contributed by atoms with van der Waals surface area (Å²) in [7, 11) is 0. The molecule has 1 atom stereocenters. The summed E-state index contributed by atoms with van der Waals surface area (Å²) in [6.45, 7) is 10.7. The Labute approximate surface area is 118 Å². The summed E-state index contributed by atoms with van der Waals surface area (Å²) in [5.41, 5.74) is 0.381. The summed E-state index contributed by atoms with van der Waals surface area (Å²) >= 11 is 1.97. The van der Waals surface area contributed by atoms with Gasteiger partial charge in [0.2, 0.25) is 0 Å². The second-order valence-corrected chi connectivity index (χ2v) is 6.73. The van der Waals surface area contributed by atoms with Gasteiger partial charge in [0, 0.05) is 24.7 Å². The molecule has 0 radical (unpaired) electrons. The minimum absolute atomic E-state index is 0.381. The van der Waals surface area contributed by atoms with Crippen LogP contribution in [0.25, 0.3) is 0 Å². The molecule has 3 heteroatoms. The summed E-state index contributed by atoms with van der Waals surface area (Å²) in [5.74, 6) is 1.32. The fourth-order valence-corrected chi connectivity index (χ4v) is 3.35. The van der Waals surface area contributed by atoms with E-state index in [2.05, 4.69) is 37.2 Å². The van der Waals surface area contributed by atoms with Gasteiger partial charge in [0.15, 0.2) is 0 Å². The molecule has 1 fully saturated rings. The fourth-order valence-electron chi connectivity index (χ4n) is 2.85. The number of nitrogens with one attached hydrogen (secondary N) is 1. The summed E-state index contributed by atoms with van der Waals surface area (Å²) in [6, 6.07) is 0.705. The van der Waals surface area contributed by atoms with Crippen molar-refractivity contribution in [2.45, 2.75) is 64.5 Å². The zero-order valence-electron chi connectivity index (χ0n) is 12.8. The molecule has 0 aromatic rings. The molecule has 18 heavy (non-hydrogen) atoms. The predicted molar refractivity (Wildman–Crippen MR) is 84.6 cm³/mol. The first-order chi connectivity index (χ1) is 8.67. The first-order valence-electron chi connectivity index (χ1n) is 7.65. The van der Waals surface area contributed by atoms with E-state index in [1.807, 2.05) is 11.8 Å². The van der Waals surface area contributed by atoms with Crippen LogP contribution >= 0.6 is 11.8 Å². The van der Waals surface area contributed by atoms with E-state index in [1.54, 1.807) is 0 Å². The first-order valence-corrected chi connectivity index (χ1v) is 9.05. The van der Waals surface area contributed by atoms with Crippen LogP contribution in [0.4, 0.5) is 0 Å². The highest BCUT2D eigenvalue weighted by Gasteiger charge is 2.34. The Balaban J connectivity index is 2.33. The number of rotatable bonds is 8. The average Bonchev–Trinajstić information content (AvgIpc) is 2.41. The van der Waals surface area contributed by atoms with Gasteiger partial charge in [-0.25, -0.2) is 0 Å². The molecule has 1 unspecified atom stereocenters. The number of piperazine rings is 1. The minimum atomic E-state index is 0.381. The van der Waals surface area contributed by atoms with E-state index in [0.29, 0.717) is 11.6 Å². The van der Waals surface area contributed by atoms with Crippen molar-refractivity contribution in [3.8, 4) is 0 Å². The lowest BCUT2D eigenvalue weighted by Crippen LogP contribution is -2.63. The van der Waals surface area contributed by atoms with Crippen LogP contribution in [-0.4, -0.2) is 48.1 Å². The van der Waals surface area contributed by atoms with Crippen molar-refractivity contribution in [1.82, 2.24) is 10.2 Å². The molecule has 2 nitrogen and oxygen atoms in total. The molecule has 0 saturated carbocycles. The molecule has 0 bridgehead atoms. The van der Waals surface area contributed by atoms with E-state index < -0.39 is 0 Å². The molecule has 0 aromatic heterocycles. The van der Waals surface area contributed by atoms with Crippen LogP contribution in [0.1, 0.15) is 52.9 Å². The smallest absolute Gasteiger partial charge is 0.0304 e. The van der Waals surface area contributed by atoms with Crippen molar-refractivity contribution < 1.29 is 0 Å². The van der Waals surface area contributed by atoms with Gasteiger partial charge in [0.05, 0.1) is 0 Å². The molecule has 1 rings (SSSR count). The van der Waals surface area contributed by atoms with Crippen molar-refractivity contribution in [3.05, 3.63) is 0 Å². The SMILES string of the molecule is CCC1(CC)CN(CCCCCSC)C(C)CN1. The Morgan fingerprint density at radius 1 is 1.22 bits per heavy atom. The molecule has 1 aliphatic rings. The molecular weight excluding hydrogens is 240 g/mol. The Morgan fingerprint density at radius 2 is 1.94 bits per heavy atom. The highest BCUT2D eigenvalue weighted by Crippen LogP contribution is 2.23. The van der Waals surface area contributed by atoms with E-state index in [9.17, 15) is 0 Å². The van der Waals surface area contributed by atoms with Gasteiger partial charge in [-0.3, -0.25) is 4.90 Å². The standard InChI is InChI=1S/C15H32N2S/c1-5-15(6-2)13-17(14(3)12-16-15)10-8-7-9-11-18-4/h14,16H,5-13H2,1-4H3. The maximum atomic E-state index is 3.78. The van der Waals surface area contributed by atoms with Gasteiger partial charge in [0.25, 0.3) is 0 Å². The fraction of sp³-hybridized carbons (Fsp3) is 1.00. The average molecular weight is 273 g/mol. The molecule has 0 spiro atoms. The summed E-state index contributed by atoms with van der Waals surface area (Å²) < 4.78 is 0. The van der Waals surface area contributed by atoms with Crippen molar-refractivity contribution in [2.75, 3.05) is 31.6 Å². The Kier molecular flexibility index (Phi) is 7.66. The van der Waals surface area contributed by atoms with Crippen molar-refractivity contribution >= 4 is 11.8 Å². The van der Waals surface area contributed by atoms with Crippen molar-refractivity contribution in [3.63, 3.8) is 0 Å². The normalized spacial score (nSPS) is 24.3. The quantitative estimate of drug-likeness (QED) is 0.682. The van der Waals surface area contributed by atoms with E-state index in [0.717, 1.165) is 6.54 Å². The lowest BCUT2D eigenvalue weighted by Gasteiger charge is -2.46. The van der Waals surface area contributed by atoms with Gasteiger partial charge in [0.1, 0.15) is 0 Å². The molecule has 1 heterocycles. The molecule has 1 aliphatic heterocycles. The maximum absolute atomic E-state index is 3.78. The van der Waals surface area contributed by atoms with Gasteiger partial charge in [-0.15, -0.1) is 0 Å². The highest BCUT2D eigenvalue weighted by atomic mass is 32.2. The third-order valence-corrected chi connectivity index (χ3v) is 5.25. The Bertz CT molecular complexity index is 217.